The Balaban J connectivity index is 1.98. The van der Waals surface area contributed by atoms with Crippen molar-refractivity contribution in [1.82, 2.24) is 5.48 Å². The third-order valence-electron chi connectivity index (χ3n) is 2.21. The molecular weight excluding hydrogens is 218 g/mol. The largest absolute Gasteiger partial charge is 0.377 e. The number of aliphatic imine (C=N–C) groups is 1. The number of nitrogens with two attached hydrogens (primary N) is 1. The Morgan fingerprint density at radius 1 is 1.29 bits per heavy atom. The summed E-state index contributed by atoms with van der Waals surface area (Å²) in [7, 11) is 0. The lowest BCUT2D eigenvalue weighted by Crippen LogP contribution is -2.28. The van der Waals surface area contributed by atoms with Crippen LogP contribution in [0.25, 0.3) is 0 Å². The number of hydrogen-bond acceptors (Lipinski definition) is 3. The molecule has 94 valence electrons. The van der Waals surface area contributed by atoms with Crippen molar-refractivity contribution in [3.63, 3.8) is 0 Å². The van der Waals surface area contributed by atoms with Gasteiger partial charge in [-0.2, -0.15) is 0 Å². The molecule has 5 nitrogen and oxygen atoms in total. The molecule has 4 N–H and O–H groups in total. The van der Waals surface area contributed by atoms with E-state index in [1.807, 2.05) is 30.3 Å². The number of hydrogen-bond donors (Lipinski definition) is 3. The minimum absolute atomic E-state index is 0.0511. The van der Waals surface area contributed by atoms with E-state index in [-0.39, 0.29) is 5.96 Å². The topological polar surface area (TPSA) is 79.9 Å². The Morgan fingerprint density at radius 2 is 2.06 bits per heavy atom. The molecule has 1 aromatic carbocycles. The van der Waals surface area contributed by atoms with Gasteiger partial charge in [0.25, 0.3) is 0 Å². The van der Waals surface area contributed by atoms with Gasteiger partial charge in [0, 0.05) is 13.2 Å². The van der Waals surface area contributed by atoms with Crippen LogP contribution in [0.2, 0.25) is 0 Å². The van der Waals surface area contributed by atoms with Crippen LogP contribution in [0.3, 0.4) is 0 Å². The predicted octanol–water partition coefficient (Wildman–Crippen LogP) is 1.28. The van der Waals surface area contributed by atoms with Gasteiger partial charge in [-0.1, -0.05) is 30.3 Å². The summed E-state index contributed by atoms with van der Waals surface area (Å²) in [6.45, 7) is 1.94. The molecule has 1 rings (SSSR count). The quantitative estimate of drug-likeness (QED) is 0.289. The number of benzene rings is 1. The van der Waals surface area contributed by atoms with Gasteiger partial charge in [-0.3, -0.25) is 10.2 Å². The standard InChI is InChI=1S/C12H19N3O2/c13-12(15-16)14-8-4-5-9-17-10-11-6-2-1-3-7-11/h1-3,6-7,16H,4-5,8-10H2,(H3,13,14,15). The van der Waals surface area contributed by atoms with Crippen molar-refractivity contribution in [3.8, 4) is 0 Å². The number of nitrogens with zero attached hydrogens (tertiary/aromatic N) is 1. The highest BCUT2D eigenvalue weighted by molar-refractivity contribution is 5.76. The number of rotatable bonds is 7. The molecule has 0 aromatic heterocycles. The van der Waals surface area contributed by atoms with E-state index in [2.05, 4.69) is 4.99 Å². The molecule has 0 heterocycles. The number of hydroxylamine groups is 1. The first-order valence-electron chi connectivity index (χ1n) is 5.64. The smallest absolute Gasteiger partial charge is 0.212 e. The van der Waals surface area contributed by atoms with Crippen LogP contribution in [0.4, 0.5) is 0 Å². The zero-order chi connectivity index (χ0) is 12.3. The second kappa shape index (κ2) is 8.55. The molecule has 0 spiro atoms. The Kier molecular flexibility index (Phi) is 6.78. The first-order valence-corrected chi connectivity index (χ1v) is 5.64. The molecule has 0 bridgehead atoms. The predicted molar refractivity (Wildman–Crippen MR) is 66.7 cm³/mol. The number of nitrogens with one attached hydrogen (secondary N) is 1. The van der Waals surface area contributed by atoms with Crippen molar-refractivity contribution >= 4 is 5.96 Å². The van der Waals surface area contributed by atoms with Crippen molar-refractivity contribution in [2.45, 2.75) is 19.4 Å². The molecule has 0 atom stereocenters. The summed E-state index contributed by atoms with van der Waals surface area (Å²) in [6, 6.07) is 10.1. The van der Waals surface area contributed by atoms with Crippen molar-refractivity contribution in [3.05, 3.63) is 35.9 Å². The first kappa shape index (κ1) is 13.5. The van der Waals surface area contributed by atoms with Crippen LogP contribution < -0.4 is 11.2 Å². The number of guanidine groups is 1. The lowest BCUT2D eigenvalue weighted by molar-refractivity contribution is 0.117. The second-order valence-corrected chi connectivity index (χ2v) is 3.62. The lowest BCUT2D eigenvalue weighted by atomic mass is 10.2. The van der Waals surface area contributed by atoms with Gasteiger partial charge in [0.2, 0.25) is 5.96 Å². The van der Waals surface area contributed by atoms with Gasteiger partial charge in [-0.05, 0) is 18.4 Å². The zero-order valence-electron chi connectivity index (χ0n) is 9.80. The average molecular weight is 237 g/mol. The van der Waals surface area contributed by atoms with Gasteiger partial charge in [-0.25, -0.2) is 5.48 Å². The van der Waals surface area contributed by atoms with Gasteiger partial charge in [0.1, 0.15) is 0 Å². The Hall–Kier alpha value is -1.59. The molecule has 0 radical (unpaired) electrons. The van der Waals surface area contributed by atoms with Crippen LogP contribution in [0, 0.1) is 0 Å². The minimum Gasteiger partial charge on any atom is -0.377 e. The van der Waals surface area contributed by atoms with E-state index in [1.165, 1.54) is 5.56 Å². The molecule has 0 fully saturated rings. The SMILES string of the molecule is NC(=NCCCCOCc1ccccc1)NO. The fraction of sp³-hybridized carbons (Fsp3) is 0.417. The van der Waals surface area contributed by atoms with Crippen molar-refractivity contribution in [2.75, 3.05) is 13.2 Å². The normalized spacial score (nSPS) is 11.5. The maximum Gasteiger partial charge on any atom is 0.212 e. The first-order chi connectivity index (χ1) is 8.33. The van der Waals surface area contributed by atoms with Gasteiger partial charge >= 0.3 is 0 Å². The average Bonchev–Trinajstić information content (AvgIpc) is 2.38. The number of ether oxygens (including phenoxy) is 1. The summed E-state index contributed by atoms with van der Waals surface area (Å²) in [5.74, 6) is 0.0511. The van der Waals surface area contributed by atoms with Crippen LogP contribution in [0.15, 0.2) is 35.3 Å². The third kappa shape index (κ3) is 6.55. The van der Waals surface area contributed by atoms with Gasteiger partial charge < -0.3 is 10.5 Å². The molecule has 0 saturated carbocycles. The highest BCUT2D eigenvalue weighted by atomic mass is 16.5. The van der Waals surface area contributed by atoms with E-state index >= 15 is 0 Å². The third-order valence-corrected chi connectivity index (χ3v) is 2.21. The minimum atomic E-state index is 0.0511. The van der Waals surface area contributed by atoms with E-state index in [4.69, 9.17) is 15.7 Å². The molecule has 0 aliphatic heterocycles. The Morgan fingerprint density at radius 3 is 2.76 bits per heavy atom. The van der Waals surface area contributed by atoms with Crippen LogP contribution in [0.1, 0.15) is 18.4 Å². The van der Waals surface area contributed by atoms with Gasteiger partial charge in [-0.15, -0.1) is 0 Å². The molecule has 5 heteroatoms. The van der Waals surface area contributed by atoms with Crippen LogP contribution >= 0.6 is 0 Å². The highest BCUT2D eigenvalue weighted by Gasteiger charge is 1.92. The fourth-order valence-corrected chi connectivity index (χ4v) is 1.32. The molecule has 0 aliphatic carbocycles. The van der Waals surface area contributed by atoms with E-state index in [9.17, 15) is 0 Å². The van der Waals surface area contributed by atoms with Gasteiger partial charge in [0.15, 0.2) is 0 Å². The maximum atomic E-state index is 8.37. The van der Waals surface area contributed by atoms with E-state index in [0.29, 0.717) is 19.8 Å². The molecule has 0 amide bonds. The second-order valence-electron chi connectivity index (χ2n) is 3.62. The van der Waals surface area contributed by atoms with Gasteiger partial charge in [0.05, 0.1) is 6.61 Å². The highest BCUT2D eigenvalue weighted by Crippen LogP contribution is 2.01. The molecule has 17 heavy (non-hydrogen) atoms. The Bertz CT molecular complexity index is 328. The van der Waals surface area contributed by atoms with E-state index in [0.717, 1.165) is 12.8 Å². The van der Waals surface area contributed by atoms with Crippen molar-refractivity contribution in [2.24, 2.45) is 10.7 Å². The lowest BCUT2D eigenvalue weighted by Gasteiger charge is -2.03. The summed E-state index contributed by atoms with van der Waals surface area (Å²) in [6.07, 6.45) is 1.81. The summed E-state index contributed by atoms with van der Waals surface area (Å²) < 4.78 is 5.51. The fourth-order valence-electron chi connectivity index (χ4n) is 1.32. The van der Waals surface area contributed by atoms with Crippen molar-refractivity contribution < 1.29 is 9.94 Å². The van der Waals surface area contributed by atoms with Crippen LogP contribution in [-0.2, 0) is 11.3 Å². The van der Waals surface area contributed by atoms with Crippen LogP contribution in [0.5, 0.6) is 0 Å². The molecule has 0 unspecified atom stereocenters. The molecular formula is C12H19N3O2. The summed E-state index contributed by atoms with van der Waals surface area (Å²) in [4.78, 5) is 3.88. The van der Waals surface area contributed by atoms with Crippen LogP contribution in [-0.4, -0.2) is 24.3 Å². The summed E-state index contributed by atoms with van der Waals surface area (Å²) >= 11 is 0. The monoisotopic (exact) mass is 237 g/mol. The summed E-state index contributed by atoms with van der Waals surface area (Å²) in [5.41, 5.74) is 8.21. The molecule has 0 saturated heterocycles. The summed E-state index contributed by atoms with van der Waals surface area (Å²) in [5, 5.41) is 8.37. The van der Waals surface area contributed by atoms with E-state index in [1.54, 1.807) is 5.48 Å². The van der Waals surface area contributed by atoms with Crippen molar-refractivity contribution in [1.29, 1.82) is 0 Å². The maximum absolute atomic E-state index is 8.37. The van der Waals surface area contributed by atoms with E-state index < -0.39 is 0 Å². The number of unbranched alkanes of at least 4 members (excludes halogenated alkanes) is 1. The molecule has 0 aliphatic rings. The zero-order valence-corrected chi connectivity index (χ0v) is 9.80. The molecule has 1 aromatic rings. The Labute approximate surface area is 101 Å².